The number of carbonyl (C=O) groups is 1. The Hall–Kier alpha value is -2.83. The largest absolute Gasteiger partial charge is 0.442 e. The van der Waals surface area contributed by atoms with Gasteiger partial charge in [0, 0.05) is 22.8 Å². The van der Waals surface area contributed by atoms with Crippen LogP contribution in [0.15, 0.2) is 30.6 Å². The van der Waals surface area contributed by atoms with Crippen LogP contribution in [0.3, 0.4) is 0 Å². The molecule has 0 amide bonds. The van der Waals surface area contributed by atoms with Crippen molar-refractivity contribution in [2.24, 2.45) is 0 Å². The van der Waals surface area contributed by atoms with Crippen LogP contribution < -0.4 is 5.73 Å². The van der Waals surface area contributed by atoms with Gasteiger partial charge in [-0.15, -0.1) is 0 Å². The second-order valence-electron chi connectivity index (χ2n) is 6.03. The molecule has 7 nitrogen and oxygen atoms in total. The standard InChI is InChI=1S/C15H17N5O2/c1-15(2,3)22-14(21)20-8-9(7-17-20)13-11-6-10(16)4-5-12(11)18-19-13/h4-8H,16H2,1-3H3,(H,18,19). The Bertz CT molecular complexity index is 841. The number of nitrogens with one attached hydrogen (secondary N) is 1. The second-order valence-corrected chi connectivity index (χ2v) is 6.03. The van der Waals surface area contributed by atoms with E-state index in [1.54, 1.807) is 39.2 Å². The van der Waals surface area contributed by atoms with Crippen LogP contribution in [-0.4, -0.2) is 31.7 Å². The Balaban J connectivity index is 1.96. The third kappa shape index (κ3) is 2.65. The highest BCUT2D eigenvalue weighted by molar-refractivity contribution is 5.94. The lowest BCUT2D eigenvalue weighted by Crippen LogP contribution is -2.27. The number of ether oxygens (including phenoxy) is 1. The summed E-state index contributed by atoms with van der Waals surface area (Å²) in [6.45, 7) is 5.41. The maximum atomic E-state index is 12.0. The third-order valence-corrected chi connectivity index (χ3v) is 3.02. The average molecular weight is 299 g/mol. The zero-order valence-electron chi connectivity index (χ0n) is 12.6. The summed E-state index contributed by atoms with van der Waals surface area (Å²) in [5.41, 5.74) is 8.16. The lowest BCUT2D eigenvalue weighted by atomic mass is 10.1. The molecule has 0 aliphatic carbocycles. The summed E-state index contributed by atoms with van der Waals surface area (Å²) in [4.78, 5) is 12.0. The maximum absolute atomic E-state index is 12.0. The highest BCUT2D eigenvalue weighted by Gasteiger charge is 2.19. The fourth-order valence-electron chi connectivity index (χ4n) is 2.11. The van der Waals surface area contributed by atoms with Crippen molar-refractivity contribution in [2.75, 3.05) is 5.73 Å². The molecule has 3 rings (SSSR count). The molecule has 0 saturated heterocycles. The van der Waals surface area contributed by atoms with Gasteiger partial charge in [0.1, 0.15) is 11.3 Å². The van der Waals surface area contributed by atoms with Crippen molar-refractivity contribution in [3.05, 3.63) is 30.6 Å². The van der Waals surface area contributed by atoms with E-state index < -0.39 is 11.7 Å². The first-order valence-corrected chi connectivity index (χ1v) is 6.85. The molecule has 114 valence electrons. The van der Waals surface area contributed by atoms with Gasteiger partial charge in [0.05, 0.1) is 11.7 Å². The minimum Gasteiger partial charge on any atom is -0.442 e. The number of nitrogens with two attached hydrogens (primary N) is 1. The van der Waals surface area contributed by atoms with E-state index in [-0.39, 0.29) is 0 Å². The number of aromatic nitrogens is 4. The SMILES string of the molecule is CC(C)(C)OC(=O)n1cc(-c2n[nH]c3ccc(N)cc23)cn1. The lowest BCUT2D eigenvalue weighted by Gasteiger charge is -2.18. The average Bonchev–Trinajstić information content (AvgIpc) is 3.01. The van der Waals surface area contributed by atoms with Crippen LogP contribution in [-0.2, 0) is 4.74 Å². The summed E-state index contributed by atoms with van der Waals surface area (Å²) in [6.07, 6.45) is 2.63. The fraction of sp³-hybridized carbons (Fsp3) is 0.267. The van der Waals surface area contributed by atoms with E-state index >= 15 is 0 Å². The Morgan fingerprint density at radius 1 is 1.36 bits per heavy atom. The molecule has 0 spiro atoms. The monoisotopic (exact) mass is 299 g/mol. The van der Waals surface area contributed by atoms with Gasteiger partial charge in [0.25, 0.3) is 0 Å². The molecule has 1 aromatic carbocycles. The van der Waals surface area contributed by atoms with E-state index in [0.29, 0.717) is 16.9 Å². The maximum Gasteiger partial charge on any atom is 0.435 e. The zero-order valence-corrected chi connectivity index (χ0v) is 12.6. The van der Waals surface area contributed by atoms with Crippen molar-refractivity contribution in [1.29, 1.82) is 0 Å². The Kier molecular flexibility index (Phi) is 3.13. The van der Waals surface area contributed by atoms with Crippen molar-refractivity contribution in [3.8, 4) is 11.3 Å². The molecule has 0 atom stereocenters. The smallest absolute Gasteiger partial charge is 0.435 e. The van der Waals surface area contributed by atoms with E-state index in [0.717, 1.165) is 15.6 Å². The molecule has 0 fully saturated rings. The first-order valence-electron chi connectivity index (χ1n) is 6.85. The summed E-state index contributed by atoms with van der Waals surface area (Å²) in [6, 6.07) is 5.49. The van der Waals surface area contributed by atoms with Gasteiger partial charge in [0.2, 0.25) is 0 Å². The van der Waals surface area contributed by atoms with Gasteiger partial charge in [-0.1, -0.05) is 0 Å². The number of carbonyl (C=O) groups excluding carboxylic acids is 1. The molecule has 0 bridgehead atoms. The highest BCUT2D eigenvalue weighted by atomic mass is 16.6. The van der Waals surface area contributed by atoms with Gasteiger partial charge in [-0.05, 0) is 39.0 Å². The summed E-state index contributed by atoms with van der Waals surface area (Å²) in [5.74, 6) is 0. The zero-order chi connectivity index (χ0) is 15.9. The molecule has 3 aromatic rings. The molecule has 7 heteroatoms. The molecular weight excluding hydrogens is 282 g/mol. The molecule has 0 radical (unpaired) electrons. The minimum absolute atomic E-state index is 0.530. The number of fused-ring (bicyclic) bond motifs is 1. The van der Waals surface area contributed by atoms with E-state index in [2.05, 4.69) is 15.3 Å². The number of rotatable bonds is 1. The van der Waals surface area contributed by atoms with Gasteiger partial charge in [-0.25, -0.2) is 4.79 Å². The summed E-state index contributed by atoms with van der Waals surface area (Å²) >= 11 is 0. The number of benzene rings is 1. The number of aromatic amines is 1. The second kappa shape index (κ2) is 4.87. The Morgan fingerprint density at radius 2 is 2.14 bits per heavy atom. The predicted octanol–water partition coefficient (Wildman–Crippen LogP) is 2.79. The number of hydrogen-bond acceptors (Lipinski definition) is 5. The van der Waals surface area contributed by atoms with Crippen molar-refractivity contribution >= 4 is 22.7 Å². The van der Waals surface area contributed by atoms with E-state index in [1.165, 1.54) is 0 Å². The Morgan fingerprint density at radius 3 is 2.86 bits per heavy atom. The normalized spacial score (nSPS) is 11.8. The molecule has 3 N–H and O–H groups in total. The van der Waals surface area contributed by atoms with Crippen LogP contribution in [0, 0.1) is 0 Å². The van der Waals surface area contributed by atoms with Crippen LogP contribution in [0.5, 0.6) is 0 Å². The molecule has 22 heavy (non-hydrogen) atoms. The van der Waals surface area contributed by atoms with Crippen LogP contribution in [0.4, 0.5) is 10.5 Å². The van der Waals surface area contributed by atoms with Crippen LogP contribution in [0.2, 0.25) is 0 Å². The first-order chi connectivity index (χ1) is 10.3. The highest BCUT2D eigenvalue weighted by Crippen LogP contribution is 2.27. The summed E-state index contributed by atoms with van der Waals surface area (Å²) in [5, 5.41) is 12.1. The lowest BCUT2D eigenvalue weighted by molar-refractivity contribution is 0.0514. The molecule has 0 unspecified atom stereocenters. The molecule has 0 aliphatic rings. The van der Waals surface area contributed by atoms with Crippen molar-refractivity contribution in [2.45, 2.75) is 26.4 Å². The van der Waals surface area contributed by atoms with Crippen molar-refractivity contribution in [1.82, 2.24) is 20.0 Å². The molecule has 0 aliphatic heterocycles. The van der Waals surface area contributed by atoms with Crippen molar-refractivity contribution < 1.29 is 9.53 Å². The number of nitrogens with zero attached hydrogens (tertiary/aromatic N) is 3. The number of nitrogen functional groups attached to an aromatic ring is 1. The van der Waals surface area contributed by atoms with Gasteiger partial charge in [-0.3, -0.25) is 5.10 Å². The number of anilines is 1. The number of H-pyrrole nitrogens is 1. The van der Waals surface area contributed by atoms with E-state index in [4.69, 9.17) is 10.5 Å². The molecule has 2 heterocycles. The number of hydrogen-bond donors (Lipinski definition) is 2. The topological polar surface area (TPSA) is 98.8 Å². The van der Waals surface area contributed by atoms with E-state index in [1.807, 2.05) is 12.1 Å². The van der Waals surface area contributed by atoms with E-state index in [9.17, 15) is 4.79 Å². The van der Waals surface area contributed by atoms with Crippen molar-refractivity contribution in [3.63, 3.8) is 0 Å². The fourth-order valence-corrected chi connectivity index (χ4v) is 2.11. The minimum atomic E-state index is -0.573. The molecule has 2 aromatic heterocycles. The van der Waals surface area contributed by atoms with Crippen LogP contribution >= 0.6 is 0 Å². The van der Waals surface area contributed by atoms with Crippen LogP contribution in [0.1, 0.15) is 20.8 Å². The van der Waals surface area contributed by atoms with Gasteiger partial charge < -0.3 is 10.5 Å². The predicted molar refractivity (Wildman–Crippen MR) is 83.4 cm³/mol. The molecular formula is C15H17N5O2. The van der Waals surface area contributed by atoms with Gasteiger partial charge in [-0.2, -0.15) is 14.9 Å². The first kappa shape index (κ1) is 14.1. The third-order valence-electron chi connectivity index (χ3n) is 3.02. The van der Waals surface area contributed by atoms with Gasteiger partial charge >= 0.3 is 6.09 Å². The summed E-state index contributed by atoms with van der Waals surface area (Å²) < 4.78 is 6.43. The van der Waals surface area contributed by atoms with Gasteiger partial charge in [0.15, 0.2) is 0 Å². The Labute approximate surface area is 127 Å². The quantitative estimate of drug-likeness (QED) is 0.673. The molecule has 0 saturated carbocycles. The van der Waals surface area contributed by atoms with Crippen LogP contribution in [0.25, 0.3) is 22.2 Å². The summed E-state index contributed by atoms with van der Waals surface area (Å²) in [7, 11) is 0.